The normalized spacial score (nSPS) is 36.2. The number of amides is 2. The summed E-state index contributed by atoms with van der Waals surface area (Å²) in [5, 5.41) is 30.5. The lowest BCUT2D eigenvalue weighted by Crippen LogP contribution is -2.58. The van der Waals surface area contributed by atoms with Crippen molar-refractivity contribution in [1.82, 2.24) is 10.6 Å². The van der Waals surface area contributed by atoms with Crippen LogP contribution in [0.1, 0.15) is 91.4 Å². The first-order valence-corrected chi connectivity index (χ1v) is 17.3. The van der Waals surface area contributed by atoms with Crippen LogP contribution in [0.3, 0.4) is 0 Å². The molecule has 11 unspecified atom stereocenters. The van der Waals surface area contributed by atoms with Crippen LogP contribution in [0, 0.1) is 58.7 Å². The molecule has 4 saturated carbocycles. The summed E-state index contributed by atoms with van der Waals surface area (Å²) in [6.07, 6.45) is 16.8. The van der Waals surface area contributed by atoms with E-state index in [4.69, 9.17) is 21.4 Å². The third kappa shape index (κ3) is 8.38. The second kappa shape index (κ2) is 16.4. The number of ether oxygens (including phenoxy) is 2. The van der Waals surface area contributed by atoms with Crippen LogP contribution in [-0.4, -0.2) is 67.0 Å². The van der Waals surface area contributed by atoms with Crippen molar-refractivity contribution in [2.24, 2.45) is 51.5 Å². The van der Waals surface area contributed by atoms with E-state index in [-0.39, 0.29) is 42.8 Å². The predicted octanol–water partition coefficient (Wildman–Crippen LogP) is 5.47. The highest BCUT2D eigenvalue weighted by Crippen LogP contribution is 2.68. The molecule has 4 N–H and O–H groups in total. The van der Waals surface area contributed by atoms with Crippen molar-refractivity contribution >= 4 is 12.0 Å². The van der Waals surface area contributed by atoms with Crippen molar-refractivity contribution in [2.45, 2.75) is 110 Å². The SMILES string of the molecule is C#CCCOCCOC(=O)NC(CN=[N+]=[N-])NC(=O)/C=C/CCC(C)C1CCC2C3C(O)CC4CC(O)CCC4(C)C3CCC12C. The van der Waals surface area contributed by atoms with Crippen molar-refractivity contribution < 1.29 is 29.3 Å². The summed E-state index contributed by atoms with van der Waals surface area (Å²) in [4.78, 5) is 27.4. The Balaban J connectivity index is 1.25. The maximum atomic E-state index is 12.6. The standard InChI is InChI=1S/C35H55N5O6/c1-5-6-17-45-18-19-46-33(44)39-30(22-37-40-36)38-31(43)10-8-7-9-23(2)26-11-12-27-32-28(14-16-35(26,27)4)34(3)15-13-25(41)20-24(34)21-29(32)42/h1,8,10,23-30,32,41-42H,6-7,9,11-22H2,2-4H3,(H,38,43)(H,39,44)/b10-8+. The largest absolute Gasteiger partial charge is 0.447 e. The molecular formula is C35H55N5O6. The number of hydrogen-bond donors (Lipinski definition) is 4. The third-order valence-electron chi connectivity index (χ3n) is 12.3. The molecule has 4 fully saturated rings. The number of alkyl carbamates (subject to hydrolysis) is 1. The second-order valence-corrected chi connectivity index (χ2v) is 14.7. The number of hydrogen-bond acceptors (Lipinski definition) is 7. The summed E-state index contributed by atoms with van der Waals surface area (Å²) in [5.41, 5.74) is 9.15. The van der Waals surface area contributed by atoms with E-state index in [1.54, 1.807) is 0 Å². The van der Waals surface area contributed by atoms with Gasteiger partial charge in [-0.1, -0.05) is 32.0 Å². The Morgan fingerprint density at radius 1 is 1.09 bits per heavy atom. The van der Waals surface area contributed by atoms with Crippen LogP contribution in [-0.2, 0) is 14.3 Å². The van der Waals surface area contributed by atoms with E-state index >= 15 is 0 Å². The smallest absolute Gasteiger partial charge is 0.408 e. The van der Waals surface area contributed by atoms with E-state index in [1.165, 1.54) is 31.8 Å². The number of carbonyl (C=O) groups excluding carboxylic acids is 2. The minimum Gasteiger partial charge on any atom is -0.447 e. The van der Waals surface area contributed by atoms with E-state index in [0.29, 0.717) is 48.5 Å². The van der Waals surface area contributed by atoms with E-state index in [0.717, 1.165) is 38.5 Å². The number of azide groups is 1. The average molecular weight is 642 g/mol. The van der Waals surface area contributed by atoms with Crippen LogP contribution < -0.4 is 10.6 Å². The molecule has 46 heavy (non-hydrogen) atoms. The van der Waals surface area contributed by atoms with E-state index in [9.17, 15) is 19.8 Å². The van der Waals surface area contributed by atoms with Crippen LogP contribution in [0.5, 0.6) is 0 Å². The molecule has 0 aromatic carbocycles. The van der Waals surface area contributed by atoms with E-state index in [1.807, 2.05) is 6.08 Å². The van der Waals surface area contributed by atoms with Gasteiger partial charge in [0.15, 0.2) is 0 Å². The Kier molecular flexibility index (Phi) is 12.8. The number of fused-ring (bicyclic) bond motifs is 5. The Morgan fingerprint density at radius 2 is 1.85 bits per heavy atom. The highest BCUT2D eigenvalue weighted by atomic mass is 16.6. The summed E-state index contributed by atoms with van der Waals surface area (Å²) in [6.45, 7) is 7.69. The maximum Gasteiger partial charge on any atom is 0.408 e. The average Bonchev–Trinajstić information content (AvgIpc) is 3.37. The van der Waals surface area contributed by atoms with Gasteiger partial charge in [0.05, 0.1) is 32.0 Å². The first kappa shape index (κ1) is 36.1. The fourth-order valence-corrected chi connectivity index (χ4v) is 10.0. The zero-order valence-electron chi connectivity index (χ0n) is 27.9. The molecule has 0 aromatic rings. The Hall–Kier alpha value is -2.77. The van der Waals surface area contributed by atoms with Crippen molar-refractivity contribution in [2.75, 3.05) is 26.4 Å². The van der Waals surface area contributed by atoms with Crippen LogP contribution in [0.15, 0.2) is 17.3 Å². The van der Waals surface area contributed by atoms with Gasteiger partial charge >= 0.3 is 6.09 Å². The lowest BCUT2D eigenvalue weighted by atomic mass is 9.43. The fourth-order valence-electron chi connectivity index (χ4n) is 10.0. The highest BCUT2D eigenvalue weighted by Gasteiger charge is 2.62. The molecule has 0 aromatic heterocycles. The molecule has 256 valence electrons. The summed E-state index contributed by atoms with van der Waals surface area (Å²) in [6, 6.07) is 0. The lowest BCUT2D eigenvalue weighted by Gasteiger charge is -2.62. The number of nitrogens with one attached hydrogen (secondary N) is 2. The molecular weight excluding hydrogens is 586 g/mol. The van der Waals surface area contributed by atoms with Gasteiger partial charge in [-0.05, 0) is 122 Å². The van der Waals surface area contributed by atoms with Crippen molar-refractivity contribution in [3.8, 4) is 12.3 Å². The van der Waals surface area contributed by atoms with Gasteiger partial charge < -0.3 is 30.3 Å². The molecule has 4 aliphatic rings. The van der Waals surface area contributed by atoms with Crippen molar-refractivity contribution in [3.05, 3.63) is 22.6 Å². The zero-order valence-corrected chi connectivity index (χ0v) is 27.9. The van der Waals surface area contributed by atoms with Gasteiger partial charge in [-0.25, -0.2) is 4.79 Å². The van der Waals surface area contributed by atoms with Gasteiger partial charge in [0.1, 0.15) is 12.8 Å². The summed E-state index contributed by atoms with van der Waals surface area (Å²) >= 11 is 0. The van der Waals surface area contributed by atoms with E-state index in [2.05, 4.69) is 47.4 Å². The van der Waals surface area contributed by atoms with Crippen molar-refractivity contribution in [1.29, 1.82) is 0 Å². The van der Waals surface area contributed by atoms with E-state index < -0.39 is 18.2 Å². The molecule has 0 saturated heterocycles. The lowest BCUT2D eigenvalue weighted by molar-refractivity contribution is -0.174. The molecule has 11 nitrogen and oxygen atoms in total. The monoisotopic (exact) mass is 641 g/mol. The summed E-state index contributed by atoms with van der Waals surface area (Å²) < 4.78 is 10.3. The molecule has 0 bridgehead atoms. The molecule has 0 heterocycles. The molecule has 4 aliphatic carbocycles. The molecule has 0 spiro atoms. The van der Waals surface area contributed by atoms with Crippen LogP contribution in [0.4, 0.5) is 4.79 Å². The molecule has 4 rings (SSSR count). The molecule has 11 atom stereocenters. The maximum absolute atomic E-state index is 12.6. The minimum absolute atomic E-state index is 0.0180. The number of aliphatic hydroxyl groups excluding tert-OH is 2. The fraction of sp³-hybridized carbons (Fsp3) is 0.829. The van der Waals surface area contributed by atoms with Gasteiger partial charge in [0.25, 0.3) is 0 Å². The van der Waals surface area contributed by atoms with Crippen LogP contribution in [0.2, 0.25) is 0 Å². The van der Waals surface area contributed by atoms with Gasteiger partial charge in [0, 0.05) is 11.3 Å². The van der Waals surface area contributed by atoms with Crippen LogP contribution >= 0.6 is 0 Å². The Labute approximate surface area is 274 Å². The van der Waals surface area contributed by atoms with Gasteiger partial charge in [-0.2, -0.15) is 0 Å². The van der Waals surface area contributed by atoms with Gasteiger partial charge in [-0.3, -0.25) is 4.79 Å². The summed E-state index contributed by atoms with van der Waals surface area (Å²) in [7, 11) is 0. The van der Waals surface area contributed by atoms with Gasteiger partial charge in [-0.15, -0.1) is 12.3 Å². The zero-order chi connectivity index (χ0) is 33.3. The number of rotatable bonds is 14. The Morgan fingerprint density at radius 3 is 2.61 bits per heavy atom. The number of allylic oxidation sites excluding steroid dienone is 1. The number of carbonyl (C=O) groups is 2. The number of aliphatic hydroxyl groups is 2. The first-order valence-electron chi connectivity index (χ1n) is 17.3. The number of nitrogens with zero attached hydrogens (tertiary/aromatic N) is 3. The summed E-state index contributed by atoms with van der Waals surface area (Å²) in [5.74, 6) is 4.97. The second-order valence-electron chi connectivity index (χ2n) is 14.7. The first-order chi connectivity index (χ1) is 22.0. The Bertz CT molecular complexity index is 1170. The number of terminal acetylenes is 1. The van der Waals surface area contributed by atoms with Crippen LogP contribution in [0.25, 0.3) is 10.4 Å². The topological polar surface area (TPSA) is 166 Å². The third-order valence-corrected chi connectivity index (χ3v) is 12.3. The molecule has 2 amide bonds. The quantitative estimate of drug-likeness (QED) is 0.0373. The molecule has 11 heteroatoms. The molecule has 0 aliphatic heterocycles. The molecule has 0 radical (unpaired) electrons. The predicted molar refractivity (Wildman–Crippen MR) is 175 cm³/mol. The minimum atomic E-state index is -0.918. The highest BCUT2D eigenvalue weighted by molar-refractivity contribution is 5.88. The van der Waals surface area contributed by atoms with Crippen molar-refractivity contribution in [3.63, 3.8) is 0 Å². The van der Waals surface area contributed by atoms with Gasteiger partial charge in [0.2, 0.25) is 5.91 Å².